The highest BCUT2D eigenvalue weighted by atomic mass is 35.5. The van der Waals surface area contributed by atoms with E-state index in [1.54, 1.807) is 0 Å². The molecule has 142 valence electrons. The lowest BCUT2D eigenvalue weighted by Gasteiger charge is -2.16. The van der Waals surface area contributed by atoms with Crippen LogP contribution in [0.3, 0.4) is 0 Å². The van der Waals surface area contributed by atoms with Crippen LogP contribution in [-0.4, -0.2) is 12.8 Å². The first-order chi connectivity index (χ1) is 12.9. The Morgan fingerprint density at radius 2 is 1.89 bits per heavy atom. The highest BCUT2D eigenvalue weighted by Crippen LogP contribution is 2.59. The second kappa shape index (κ2) is 8.28. The van der Waals surface area contributed by atoms with Gasteiger partial charge in [0, 0.05) is 11.2 Å². The molecule has 3 atom stereocenters. The van der Waals surface area contributed by atoms with Crippen molar-refractivity contribution in [3.8, 4) is 11.5 Å². The number of benzene rings is 2. The highest BCUT2D eigenvalue weighted by Gasteiger charge is 2.55. The van der Waals surface area contributed by atoms with Gasteiger partial charge in [0.2, 0.25) is 0 Å². The number of rotatable bonds is 8. The van der Waals surface area contributed by atoms with E-state index in [1.165, 1.54) is 6.21 Å². The number of allylic oxidation sites excluding steroid dienone is 2. The maximum Gasteiger partial charge on any atom is 0.127 e. The lowest BCUT2D eigenvalue weighted by atomic mass is 10.1. The number of hydrogen-bond donors (Lipinski definition) is 2. The maximum absolute atomic E-state index is 7.85. The molecule has 2 aromatic rings. The molecule has 1 aliphatic carbocycles. The van der Waals surface area contributed by atoms with Crippen LogP contribution in [-0.2, 0) is 0 Å². The van der Waals surface area contributed by atoms with E-state index < -0.39 is 0 Å². The molecule has 1 fully saturated rings. The van der Waals surface area contributed by atoms with Crippen molar-refractivity contribution in [1.82, 2.24) is 5.32 Å². The zero-order valence-corrected chi connectivity index (χ0v) is 16.8. The fourth-order valence-corrected chi connectivity index (χ4v) is 3.81. The van der Waals surface area contributed by atoms with Crippen molar-refractivity contribution in [1.29, 1.82) is 5.41 Å². The predicted molar refractivity (Wildman–Crippen MR) is 113 cm³/mol. The van der Waals surface area contributed by atoms with E-state index in [9.17, 15) is 0 Å². The molecule has 0 radical (unpaired) electrons. The van der Waals surface area contributed by atoms with Crippen LogP contribution in [0.25, 0.3) is 0 Å². The number of nitrogens with one attached hydrogen (secondary N) is 2. The summed E-state index contributed by atoms with van der Waals surface area (Å²) in [7, 11) is 0. The van der Waals surface area contributed by atoms with E-state index in [1.807, 2.05) is 61.5 Å². The fourth-order valence-electron chi connectivity index (χ4n) is 3.68. The standard InChI is InChI=1S/C23H27ClN2O/c1-16(24)12-20-21(23(20,2)3)15-26-22(14-25)17-8-7-11-19(13-17)27-18-9-5-4-6-10-18/h4-14,20-22,25-26H,15H2,1-3H3/b16-12-,25-14?. The number of ether oxygens (including phenoxy) is 1. The Morgan fingerprint density at radius 3 is 2.56 bits per heavy atom. The van der Waals surface area contributed by atoms with Crippen LogP contribution in [0.4, 0.5) is 0 Å². The third-order valence-corrected chi connectivity index (χ3v) is 5.59. The minimum Gasteiger partial charge on any atom is -0.457 e. The van der Waals surface area contributed by atoms with Gasteiger partial charge in [0.25, 0.3) is 0 Å². The van der Waals surface area contributed by atoms with E-state index in [0.29, 0.717) is 11.8 Å². The summed E-state index contributed by atoms with van der Waals surface area (Å²) in [6, 6.07) is 17.5. The first kappa shape index (κ1) is 19.7. The van der Waals surface area contributed by atoms with Crippen LogP contribution in [0.5, 0.6) is 11.5 Å². The molecule has 1 aliphatic rings. The molecule has 4 heteroatoms. The van der Waals surface area contributed by atoms with E-state index >= 15 is 0 Å². The van der Waals surface area contributed by atoms with Crippen LogP contribution in [0, 0.1) is 22.7 Å². The Hall–Kier alpha value is -2.10. The molecule has 1 saturated carbocycles. The Labute approximate surface area is 166 Å². The van der Waals surface area contributed by atoms with E-state index in [0.717, 1.165) is 28.6 Å². The predicted octanol–water partition coefficient (Wildman–Crippen LogP) is 6.17. The minimum absolute atomic E-state index is 0.137. The van der Waals surface area contributed by atoms with Crippen LogP contribution in [0.15, 0.2) is 65.7 Å². The van der Waals surface area contributed by atoms with Gasteiger partial charge >= 0.3 is 0 Å². The van der Waals surface area contributed by atoms with Crippen molar-refractivity contribution < 1.29 is 4.74 Å². The Morgan fingerprint density at radius 1 is 1.19 bits per heavy atom. The lowest BCUT2D eigenvalue weighted by molar-refractivity contribution is 0.479. The van der Waals surface area contributed by atoms with Gasteiger partial charge in [0.15, 0.2) is 0 Å². The van der Waals surface area contributed by atoms with Crippen LogP contribution < -0.4 is 10.1 Å². The summed E-state index contributed by atoms with van der Waals surface area (Å²) in [5.41, 5.74) is 1.27. The molecule has 27 heavy (non-hydrogen) atoms. The van der Waals surface area contributed by atoms with Crippen molar-refractivity contribution in [2.45, 2.75) is 26.8 Å². The normalized spacial score (nSPS) is 22.1. The van der Waals surface area contributed by atoms with Crippen LogP contribution >= 0.6 is 11.6 Å². The molecule has 2 N–H and O–H groups in total. The molecule has 2 aromatic carbocycles. The summed E-state index contributed by atoms with van der Waals surface area (Å²) >= 11 is 6.07. The zero-order chi connectivity index (χ0) is 19.4. The average Bonchev–Trinajstić information content (AvgIpc) is 3.15. The summed E-state index contributed by atoms with van der Waals surface area (Å²) in [5, 5.41) is 12.2. The SMILES string of the molecule is C/C(Cl)=C/C1C(CNC(C=N)c2cccc(Oc3ccccc3)c2)C1(C)C. The van der Waals surface area contributed by atoms with Gasteiger partial charge in [-0.1, -0.05) is 61.9 Å². The summed E-state index contributed by atoms with van der Waals surface area (Å²) in [5.74, 6) is 2.59. The molecule has 0 bridgehead atoms. The van der Waals surface area contributed by atoms with Gasteiger partial charge in [0.1, 0.15) is 11.5 Å². The van der Waals surface area contributed by atoms with Gasteiger partial charge in [0.05, 0.1) is 6.04 Å². The topological polar surface area (TPSA) is 45.1 Å². The maximum atomic E-state index is 7.85. The molecule has 0 amide bonds. The van der Waals surface area contributed by atoms with Crippen molar-refractivity contribution in [2.75, 3.05) is 6.54 Å². The zero-order valence-electron chi connectivity index (χ0n) is 16.1. The molecule has 3 unspecified atom stereocenters. The summed E-state index contributed by atoms with van der Waals surface area (Å²) in [6.07, 6.45) is 3.61. The Balaban J connectivity index is 1.65. The van der Waals surface area contributed by atoms with Gasteiger partial charge in [-0.05, 0) is 60.5 Å². The van der Waals surface area contributed by atoms with Gasteiger partial charge < -0.3 is 15.5 Å². The second-order valence-electron chi connectivity index (χ2n) is 7.75. The molecular formula is C23H27ClN2O. The van der Waals surface area contributed by atoms with Gasteiger partial charge in [-0.2, -0.15) is 0 Å². The number of para-hydroxylation sites is 1. The monoisotopic (exact) mass is 382 g/mol. The minimum atomic E-state index is -0.137. The molecular weight excluding hydrogens is 356 g/mol. The third kappa shape index (κ3) is 4.79. The molecule has 0 aromatic heterocycles. The van der Waals surface area contributed by atoms with E-state index in [-0.39, 0.29) is 11.5 Å². The molecule has 0 heterocycles. The van der Waals surface area contributed by atoms with Crippen LogP contribution in [0.1, 0.15) is 32.4 Å². The van der Waals surface area contributed by atoms with Gasteiger partial charge in [-0.3, -0.25) is 0 Å². The number of hydrogen-bond acceptors (Lipinski definition) is 3. The number of halogens is 1. The van der Waals surface area contributed by atoms with E-state index in [2.05, 4.69) is 25.2 Å². The summed E-state index contributed by atoms with van der Waals surface area (Å²) in [6.45, 7) is 7.32. The van der Waals surface area contributed by atoms with Crippen molar-refractivity contribution in [3.05, 3.63) is 71.3 Å². The summed E-state index contributed by atoms with van der Waals surface area (Å²) in [4.78, 5) is 0. The molecule has 0 saturated heterocycles. The smallest absolute Gasteiger partial charge is 0.127 e. The van der Waals surface area contributed by atoms with Crippen molar-refractivity contribution >= 4 is 17.8 Å². The van der Waals surface area contributed by atoms with Gasteiger partial charge in [-0.25, -0.2) is 0 Å². The van der Waals surface area contributed by atoms with Crippen LogP contribution in [0.2, 0.25) is 0 Å². The second-order valence-corrected chi connectivity index (χ2v) is 8.34. The van der Waals surface area contributed by atoms with Crippen molar-refractivity contribution in [3.63, 3.8) is 0 Å². The largest absolute Gasteiger partial charge is 0.457 e. The fraction of sp³-hybridized carbons (Fsp3) is 0.348. The lowest BCUT2D eigenvalue weighted by Crippen LogP contribution is -2.25. The molecule has 3 nitrogen and oxygen atoms in total. The molecule has 3 rings (SSSR count). The third-order valence-electron chi connectivity index (χ3n) is 5.47. The highest BCUT2D eigenvalue weighted by molar-refractivity contribution is 6.29. The van der Waals surface area contributed by atoms with E-state index in [4.69, 9.17) is 21.7 Å². The first-order valence-corrected chi connectivity index (χ1v) is 9.70. The summed E-state index contributed by atoms with van der Waals surface area (Å²) < 4.78 is 5.92. The quantitative estimate of drug-likeness (QED) is 0.536. The first-order valence-electron chi connectivity index (χ1n) is 9.32. The Kier molecular flexibility index (Phi) is 6.03. The molecule has 0 aliphatic heterocycles. The van der Waals surface area contributed by atoms with Crippen molar-refractivity contribution in [2.24, 2.45) is 17.3 Å². The van der Waals surface area contributed by atoms with Gasteiger partial charge in [-0.15, -0.1) is 0 Å². The molecule has 0 spiro atoms. The average molecular weight is 383 g/mol. The Bertz CT molecular complexity index is 812.